The predicted octanol–water partition coefficient (Wildman–Crippen LogP) is 4.64. The second kappa shape index (κ2) is 4.47. The first kappa shape index (κ1) is 10.9. The van der Waals surface area contributed by atoms with Gasteiger partial charge in [-0.3, -0.25) is 4.79 Å². The maximum absolute atomic E-state index is 10.5. The normalized spacial score (nSPS) is 10.3. The second-order valence-corrected chi connectivity index (χ2v) is 5.33. The first-order chi connectivity index (χ1) is 7.20. The monoisotopic (exact) mass is 300 g/mol. The van der Waals surface area contributed by atoms with Gasteiger partial charge in [0.25, 0.3) is 0 Å². The molecule has 0 saturated carbocycles. The van der Waals surface area contributed by atoms with Crippen molar-refractivity contribution in [2.24, 2.45) is 0 Å². The van der Waals surface area contributed by atoms with Crippen LogP contribution in [0.15, 0.2) is 34.8 Å². The third-order valence-corrected chi connectivity index (χ3v) is 4.24. The highest BCUT2D eigenvalue weighted by Crippen LogP contribution is 2.32. The van der Waals surface area contributed by atoms with Crippen LogP contribution in [0.25, 0.3) is 10.4 Å². The predicted molar refractivity (Wildman–Crippen MR) is 67.9 cm³/mol. The van der Waals surface area contributed by atoms with E-state index in [0.29, 0.717) is 5.02 Å². The molecule has 0 radical (unpaired) electrons. The number of hydrogen-bond donors (Lipinski definition) is 0. The summed E-state index contributed by atoms with van der Waals surface area (Å²) in [7, 11) is 0. The molecule has 0 aliphatic carbocycles. The van der Waals surface area contributed by atoms with Gasteiger partial charge in [-0.25, -0.2) is 0 Å². The van der Waals surface area contributed by atoms with Gasteiger partial charge in [0.2, 0.25) is 0 Å². The van der Waals surface area contributed by atoms with Crippen molar-refractivity contribution in [1.29, 1.82) is 0 Å². The molecule has 0 fully saturated rings. The summed E-state index contributed by atoms with van der Waals surface area (Å²) >= 11 is 10.8. The Kier molecular flexibility index (Phi) is 3.24. The number of benzene rings is 1. The lowest BCUT2D eigenvalue weighted by Gasteiger charge is -1.99. The van der Waals surface area contributed by atoms with Gasteiger partial charge in [-0.15, -0.1) is 11.3 Å². The Bertz CT molecular complexity index is 507. The van der Waals surface area contributed by atoms with E-state index in [4.69, 9.17) is 11.6 Å². The minimum absolute atomic E-state index is 0.675. The second-order valence-electron chi connectivity index (χ2n) is 2.95. The maximum atomic E-state index is 10.5. The van der Waals surface area contributed by atoms with E-state index in [1.165, 1.54) is 11.3 Å². The van der Waals surface area contributed by atoms with E-state index in [0.717, 1.165) is 26.1 Å². The van der Waals surface area contributed by atoms with Gasteiger partial charge in [0.1, 0.15) is 0 Å². The lowest BCUT2D eigenvalue weighted by Crippen LogP contribution is -1.73. The van der Waals surface area contributed by atoms with Crippen molar-refractivity contribution in [2.75, 3.05) is 0 Å². The van der Waals surface area contributed by atoms with Gasteiger partial charge in [-0.1, -0.05) is 17.7 Å². The van der Waals surface area contributed by atoms with Crippen LogP contribution < -0.4 is 0 Å². The van der Waals surface area contributed by atoms with Crippen LogP contribution in [0.4, 0.5) is 0 Å². The SMILES string of the molecule is O=Cc1ccc(-c2ccc(Br)c(Cl)c2)s1. The molecule has 1 heterocycles. The molecule has 2 aromatic rings. The fourth-order valence-corrected chi connectivity index (χ4v) is 2.47. The zero-order valence-corrected chi connectivity index (χ0v) is 10.7. The smallest absolute Gasteiger partial charge is 0.160 e. The highest BCUT2D eigenvalue weighted by atomic mass is 79.9. The van der Waals surface area contributed by atoms with E-state index < -0.39 is 0 Å². The Morgan fingerprint density at radius 2 is 2.07 bits per heavy atom. The van der Waals surface area contributed by atoms with Crippen LogP contribution in [0.2, 0.25) is 5.02 Å². The molecule has 0 N–H and O–H groups in total. The molecule has 0 spiro atoms. The fraction of sp³-hybridized carbons (Fsp3) is 0. The van der Waals surface area contributed by atoms with Gasteiger partial charge in [-0.05, 0) is 45.8 Å². The van der Waals surface area contributed by atoms with Gasteiger partial charge < -0.3 is 0 Å². The summed E-state index contributed by atoms with van der Waals surface area (Å²) in [5, 5.41) is 0.675. The van der Waals surface area contributed by atoms with Crippen LogP contribution in [-0.4, -0.2) is 6.29 Å². The topological polar surface area (TPSA) is 17.1 Å². The van der Waals surface area contributed by atoms with Gasteiger partial charge in [0, 0.05) is 9.35 Å². The van der Waals surface area contributed by atoms with Crippen molar-refractivity contribution in [3.63, 3.8) is 0 Å². The van der Waals surface area contributed by atoms with Crippen molar-refractivity contribution < 1.29 is 4.79 Å². The van der Waals surface area contributed by atoms with Crippen molar-refractivity contribution in [2.45, 2.75) is 0 Å². The summed E-state index contributed by atoms with van der Waals surface area (Å²) in [5.41, 5.74) is 1.03. The third kappa shape index (κ3) is 2.30. The third-order valence-electron chi connectivity index (χ3n) is 1.95. The first-order valence-electron chi connectivity index (χ1n) is 4.21. The van der Waals surface area contributed by atoms with Crippen LogP contribution >= 0.6 is 38.9 Å². The van der Waals surface area contributed by atoms with Crippen molar-refractivity contribution >= 4 is 45.2 Å². The van der Waals surface area contributed by atoms with Crippen LogP contribution in [-0.2, 0) is 0 Å². The zero-order valence-electron chi connectivity index (χ0n) is 7.54. The highest BCUT2D eigenvalue weighted by Gasteiger charge is 2.04. The van der Waals surface area contributed by atoms with Crippen LogP contribution in [0, 0.1) is 0 Å². The average Bonchev–Trinajstić information content (AvgIpc) is 2.70. The van der Waals surface area contributed by atoms with Crippen molar-refractivity contribution in [1.82, 2.24) is 0 Å². The Hall–Kier alpha value is -0.640. The Morgan fingerprint density at radius 1 is 1.27 bits per heavy atom. The molecule has 0 unspecified atom stereocenters. The van der Waals surface area contributed by atoms with Crippen molar-refractivity contribution in [3.05, 3.63) is 44.7 Å². The van der Waals surface area contributed by atoms with Gasteiger partial charge in [-0.2, -0.15) is 0 Å². The van der Waals surface area contributed by atoms with Gasteiger partial charge >= 0.3 is 0 Å². The lowest BCUT2D eigenvalue weighted by atomic mass is 10.2. The number of carbonyl (C=O) groups is 1. The van der Waals surface area contributed by atoms with E-state index in [-0.39, 0.29) is 0 Å². The number of rotatable bonds is 2. The first-order valence-corrected chi connectivity index (χ1v) is 6.20. The zero-order chi connectivity index (χ0) is 10.8. The molecule has 15 heavy (non-hydrogen) atoms. The largest absolute Gasteiger partial charge is 0.297 e. The van der Waals surface area contributed by atoms with Crippen LogP contribution in [0.3, 0.4) is 0 Å². The number of aldehydes is 1. The summed E-state index contributed by atoms with van der Waals surface area (Å²) in [6.07, 6.45) is 0.856. The molecular weight excluding hydrogens is 296 g/mol. The molecule has 4 heteroatoms. The number of hydrogen-bond acceptors (Lipinski definition) is 2. The Labute approximate surface area is 105 Å². The lowest BCUT2D eigenvalue weighted by molar-refractivity contribution is 0.112. The summed E-state index contributed by atoms with van der Waals surface area (Å²) in [4.78, 5) is 12.3. The molecule has 1 aromatic carbocycles. The molecule has 0 aliphatic rings. The molecule has 1 nitrogen and oxygen atoms in total. The van der Waals surface area contributed by atoms with Gasteiger partial charge in [0.15, 0.2) is 6.29 Å². The molecule has 76 valence electrons. The number of halogens is 2. The average molecular weight is 302 g/mol. The minimum atomic E-state index is 0.675. The maximum Gasteiger partial charge on any atom is 0.160 e. The van der Waals surface area contributed by atoms with E-state index in [2.05, 4.69) is 15.9 Å². The molecule has 0 amide bonds. The summed E-state index contributed by atoms with van der Waals surface area (Å²) < 4.78 is 0.875. The van der Waals surface area contributed by atoms with Crippen LogP contribution in [0.5, 0.6) is 0 Å². The minimum Gasteiger partial charge on any atom is -0.297 e. The van der Waals surface area contributed by atoms with E-state index in [9.17, 15) is 4.79 Å². The van der Waals surface area contributed by atoms with E-state index in [1.54, 1.807) is 0 Å². The summed E-state index contributed by atoms with van der Waals surface area (Å²) in [6, 6.07) is 9.48. The highest BCUT2D eigenvalue weighted by molar-refractivity contribution is 9.10. The standard InChI is InChI=1S/C11H6BrClOS/c12-9-3-1-7(5-10(9)13)11-4-2-8(6-14)15-11/h1-6H. The number of thiophene rings is 1. The fourth-order valence-electron chi connectivity index (χ4n) is 1.22. The summed E-state index contributed by atoms with van der Waals surface area (Å²) in [6.45, 7) is 0. The molecule has 1 aromatic heterocycles. The molecule has 0 saturated heterocycles. The van der Waals surface area contributed by atoms with E-state index in [1.807, 2.05) is 30.3 Å². The quantitative estimate of drug-likeness (QED) is 0.738. The summed E-state index contributed by atoms with van der Waals surface area (Å²) in [5.74, 6) is 0. The molecule has 0 aliphatic heterocycles. The number of carbonyl (C=O) groups excluding carboxylic acids is 1. The van der Waals surface area contributed by atoms with Gasteiger partial charge in [0.05, 0.1) is 9.90 Å². The van der Waals surface area contributed by atoms with Crippen LogP contribution in [0.1, 0.15) is 9.67 Å². The molecule has 2 rings (SSSR count). The Morgan fingerprint density at radius 3 is 2.67 bits per heavy atom. The van der Waals surface area contributed by atoms with E-state index >= 15 is 0 Å². The molecule has 0 bridgehead atoms. The Balaban J connectivity index is 2.44. The van der Waals surface area contributed by atoms with Crippen molar-refractivity contribution in [3.8, 4) is 10.4 Å². The molecule has 0 atom stereocenters. The molecular formula is C11H6BrClOS.